The number of amides is 2. The average molecular weight is 251 g/mol. The fourth-order valence-corrected chi connectivity index (χ4v) is 1.41. The van der Waals surface area contributed by atoms with Gasteiger partial charge in [0.15, 0.2) is 0 Å². The van der Waals surface area contributed by atoms with Gasteiger partial charge < -0.3 is 21.1 Å². The Labute approximate surface area is 105 Å². The van der Waals surface area contributed by atoms with Crippen LogP contribution in [0.4, 0.5) is 5.69 Å². The van der Waals surface area contributed by atoms with E-state index < -0.39 is 0 Å². The predicted octanol–water partition coefficient (Wildman–Crippen LogP) is 0.0170. The van der Waals surface area contributed by atoms with Gasteiger partial charge in [-0.1, -0.05) is 0 Å². The predicted molar refractivity (Wildman–Crippen MR) is 68.4 cm³/mol. The maximum absolute atomic E-state index is 11.5. The van der Waals surface area contributed by atoms with Crippen molar-refractivity contribution in [3.8, 4) is 5.75 Å². The second-order valence-corrected chi connectivity index (χ2v) is 3.71. The highest BCUT2D eigenvalue weighted by atomic mass is 16.5. The molecule has 98 valence electrons. The van der Waals surface area contributed by atoms with E-state index in [4.69, 9.17) is 10.5 Å². The molecule has 2 amide bonds. The van der Waals surface area contributed by atoms with Crippen LogP contribution in [0.1, 0.15) is 5.56 Å². The van der Waals surface area contributed by atoms with Crippen LogP contribution in [0.15, 0.2) is 18.2 Å². The van der Waals surface area contributed by atoms with Gasteiger partial charge in [-0.05, 0) is 30.7 Å². The number of methoxy groups -OCH3 is 1. The number of nitrogens with one attached hydrogen (secondary N) is 2. The maximum atomic E-state index is 11.5. The number of rotatable bonds is 5. The monoisotopic (exact) mass is 251 g/mol. The van der Waals surface area contributed by atoms with Crippen LogP contribution in [0.25, 0.3) is 0 Å². The first kappa shape index (κ1) is 14.0. The molecule has 0 aliphatic rings. The summed E-state index contributed by atoms with van der Waals surface area (Å²) in [6.07, 6.45) is 0. The van der Waals surface area contributed by atoms with Gasteiger partial charge >= 0.3 is 0 Å². The smallest absolute Gasteiger partial charge is 0.243 e. The standard InChI is InChI=1S/C12H17N3O3/c1-8-5-9(3-4-10(8)18-2)15-12(17)7-14-11(16)6-13/h3-5H,6-7,13H2,1-2H3,(H,14,16)(H,15,17). The fraction of sp³-hybridized carbons (Fsp3) is 0.333. The molecule has 0 atom stereocenters. The second-order valence-electron chi connectivity index (χ2n) is 3.71. The van der Waals surface area contributed by atoms with Crippen LogP contribution in [0.3, 0.4) is 0 Å². The zero-order valence-corrected chi connectivity index (χ0v) is 10.4. The molecule has 0 unspecified atom stereocenters. The molecule has 0 saturated carbocycles. The first-order chi connectivity index (χ1) is 8.56. The number of ether oxygens (including phenoxy) is 1. The summed E-state index contributed by atoms with van der Waals surface area (Å²) in [5.74, 6) is 0.0851. The largest absolute Gasteiger partial charge is 0.496 e. The van der Waals surface area contributed by atoms with Crippen molar-refractivity contribution < 1.29 is 14.3 Å². The third-order valence-corrected chi connectivity index (χ3v) is 2.31. The van der Waals surface area contributed by atoms with Gasteiger partial charge in [0, 0.05) is 5.69 Å². The molecule has 6 heteroatoms. The lowest BCUT2D eigenvalue weighted by Gasteiger charge is -2.09. The molecule has 0 spiro atoms. The van der Waals surface area contributed by atoms with Crippen molar-refractivity contribution in [2.24, 2.45) is 5.73 Å². The lowest BCUT2D eigenvalue weighted by molar-refractivity contribution is -0.123. The van der Waals surface area contributed by atoms with Crippen LogP contribution in [-0.2, 0) is 9.59 Å². The molecule has 0 aromatic heterocycles. The van der Waals surface area contributed by atoms with E-state index in [1.165, 1.54) is 0 Å². The SMILES string of the molecule is COc1ccc(NC(=O)CNC(=O)CN)cc1C. The van der Waals surface area contributed by atoms with Crippen LogP contribution in [0.5, 0.6) is 5.75 Å². The van der Waals surface area contributed by atoms with Crippen molar-refractivity contribution in [2.75, 3.05) is 25.5 Å². The summed E-state index contributed by atoms with van der Waals surface area (Å²) in [7, 11) is 1.59. The zero-order valence-electron chi connectivity index (χ0n) is 10.4. The van der Waals surface area contributed by atoms with Crippen molar-refractivity contribution in [3.63, 3.8) is 0 Å². The Bertz CT molecular complexity index is 446. The van der Waals surface area contributed by atoms with Crippen molar-refractivity contribution in [2.45, 2.75) is 6.92 Å². The van der Waals surface area contributed by atoms with Crippen LogP contribution in [0.2, 0.25) is 0 Å². The molecular weight excluding hydrogens is 234 g/mol. The van der Waals surface area contributed by atoms with E-state index in [9.17, 15) is 9.59 Å². The van der Waals surface area contributed by atoms with E-state index in [2.05, 4.69) is 10.6 Å². The lowest BCUT2D eigenvalue weighted by atomic mass is 10.2. The summed E-state index contributed by atoms with van der Waals surface area (Å²) in [6.45, 7) is 1.65. The van der Waals surface area contributed by atoms with E-state index in [0.717, 1.165) is 11.3 Å². The zero-order chi connectivity index (χ0) is 13.5. The number of carbonyl (C=O) groups excluding carboxylic acids is 2. The van der Waals surface area contributed by atoms with E-state index in [1.807, 2.05) is 6.92 Å². The minimum absolute atomic E-state index is 0.0961. The average Bonchev–Trinajstić information content (AvgIpc) is 2.36. The highest BCUT2D eigenvalue weighted by Crippen LogP contribution is 2.21. The van der Waals surface area contributed by atoms with Gasteiger partial charge in [-0.2, -0.15) is 0 Å². The molecular formula is C12H17N3O3. The quantitative estimate of drug-likeness (QED) is 0.687. The molecule has 1 aromatic rings. The Morgan fingerprint density at radius 3 is 2.61 bits per heavy atom. The van der Waals surface area contributed by atoms with Gasteiger partial charge in [-0.3, -0.25) is 9.59 Å². The summed E-state index contributed by atoms with van der Waals surface area (Å²) < 4.78 is 5.11. The molecule has 0 radical (unpaired) electrons. The maximum Gasteiger partial charge on any atom is 0.243 e. The molecule has 0 fully saturated rings. The van der Waals surface area contributed by atoms with Gasteiger partial charge in [0.1, 0.15) is 5.75 Å². The first-order valence-electron chi connectivity index (χ1n) is 5.48. The first-order valence-corrected chi connectivity index (χ1v) is 5.48. The van der Waals surface area contributed by atoms with Crippen LogP contribution in [0, 0.1) is 6.92 Å². The topological polar surface area (TPSA) is 93.5 Å². The summed E-state index contributed by atoms with van der Waals surface area (Å²) in [5, 5.41) is 5.05. The molecule has 0 bridgehead atoms. The highest BCUT2D eigenvalue weighted by Gasteiger charge is 2.06. The van der Waals surface area contributed by atoms with E-state index in [0.29, 0.717) is 5.69 Å². The molecule has 0 aliphatic carbocycles. The number of anilines is 1. The number of benzene rings is 1. The minimum Gasteiger partial charge on any atom is -0.496 e. The van der Waals surface area contributed by atoms with Gasteiger partial charge in [0.2, 0.25) is 11.8 Å². The minimum atomic E-state index is -0.365. The summed E-state index contributed by atoms with van der Waals surface area (Å²) in [6, 6.07) is 5.29. The lowest BCUT2D eigenvalue weighted by Crippen LogP contribution is -2.36. The molecule has 0 aliphatic heterocycles. The Balaban J connectivity index is 2.54. The summed E-state index contributed by atoms with van der Waals surface area (Å²) in [4.78, 5) is 22.4. The highest BCUT2D eigenvalue weighted by molar-refractivity contribution is 5.94. The van der Waals surface area contributed by atoms with Gasteiger partial charge in [0.25, 0.3) is 0 Å². The summed E-state index contributed by atoms with van der Waals surface area (Å²) >= 11 is 0. The number of hydrogen-bond donors (Lipinski definition) is 3. The Morgan fingerprint density at radius 2 is 2.06 bits per heavy atom. The third-order valence-electron chi connectivity index (χ3n) is 2.31. The van der Waals surface area contributed by atoms with Gasteiger partial charge in [-0.15, -0.1) is 0 Å². The fourth-order valence-electron chi connectivity index (χ4n) is 1.41. The molecule has 4 N–H and O–H groups in total. The van der Waals surface area contributed by atoms with Crippen LogP contribution < -0.4 is 21.1 Å². The van der Waals surface area contributed by atoms with Gasteiger partial charge in [0.05, 0.1) is 20.2 Å². The number of nitrogens with two attached hydrogens (primary N) is 1. The van der Waals surface area contributed by atoms with Crippen molar-refractivity contribution in [1.82, 2.24) is 5.32 Å². The molecule has 6 nitrogen and oxygen atoms in total. The Morgan fingerprint density at radius 1 is 1.33 bits per heavy atom. The second kappa shape index (κ2) is 6.61. The van der Waals surface area contributed by atoms with E-state index in [1.54, 1.807) is 25.3 Å². The van der Waals surface area contributed by atoms with Crippen LogP contribution >= 0.6 is 0 Å². The van der Waals surface area contributed by atoms with Crippen molar-refractivity contribution in [3.05, 3.63) is 23.8 Å². The molecule has 1 rings (SSSR count). The van der Waals surface area contributed by atoms with Crippen molar-refractivity contribution >= 4 is 17.5 Å². The summed E-state index contributed by atoms with van der Waals surface area (Å²) in [5.41, 5.74) is 6.68. The Hall–Kier alpha value is -2.08. The van der Waals surface area contributed by atoms with Crippen molar-refractivity contribution in [1.29, 1.82) is 0 Å². The Kier molecular flexibility index (Phi) is 5.13. The number of carbonyl (C=O) groups is 2. The molecule has 1 aromatic carbocycles. The van der Waals surface area contributed by atoms with Gasteiger partial charge in [-0.25, -0.2) is 0 Å². The number of aryl methyl sites for hydroxylation is 1. The molecule has 0 saturated heterocycles. The molecule has 18 heavy (non-hydrogen) atoms. The van der Waals surface area contributed by atoms with E-state index >= 15 is 0 Å². The van der Waals surface area contributed by atoms with Crippen LogP contribution in [-0.4, -0.2) is 32.0 Å². The third kappa shape index (κ3) is 4.06. The van der Waals surface area contributed by atoms with E-state index in [-0.39, 0.29) is 24.9 Å². The number of hydrogen-bond acceptors (Lipinski definition) is 4. The molecule has 0 heterocycles. The normalized spacial score (nSPS) is 9.72.